The van der Waals surface area contributed by atoms with Crippen LogP contribution in [0.25, 0.3) is 0 Å². The van der Waals surface area contributed by atoms with Crippen LogP contribution < -0.4 is 5.73 Å². The van der Waals surface area contributed by atoms with Gasteiger partial charge in [-0.25, -0.2) is 4.79 Å². The molecule has 112 valence electrons. The molecule has 0 saturated carbocycles. The molecule has 2 rings (SSSR count). The Balaban J connectivity index is 1.93. The second kappa shape index (κ2) is 5.92. The van der Waals surface area contributed by atoms with E-state index in [9.17, 15) is 4.79 Å². The molecule has 1 aromatic heterocycles. The number of rotatable bonds is 2. The van der Waals surface area contributed by atoms with Gasteiger partial charge in [-0.1, -0.05) is 11.6 Å². The summed E-state index contributed by atoms with van der Waals surface area (Å²) in [6.45, 7) is 6.96. The Labute approximate surface area is 128 Å². The van der Waals surface area contributed by atoms with Crippen molar-refractivity contribution in [1.82, 2.24) is 4.90 Å². The molecule has 1 amide bonds. The fourth-order valence-electron chi connectivity index (χ4n) is 2.31. The Hall–Kier alpha value is -0.780. The summed E-state index contributed by atoms with van der Waals surface area (Å²) in [5.41, 5.74) is 5.82. The molecule has 1 saturated heterocycles. The van der Waals surface area contributed by atoms with Gasteiger partial charge in [-0.2, -0.15) is 0 Å². The zero-order valence-electron chi connectivity index (χ0n) is 12.1. The molecule has 1 fully saturated rings. The van der Waals surface area contributed by atoms with Gasteiger partial charge < -0.3 is 15.4 Å². The van der Waals surface area contributed by atoms with Crippen LogP contribution in [0.4, 0.5) is 4.79 Å². The number of hydrogen-bond acceptors (Lipinski definition) is 4. The molecule has 4 nitrogen and oxygen atoms in total. The smallest absolute Gasteiger partial charge is 0.410 e. The number of nitrogens with two attached hydrogens (primary N) is 1. The molecular formula is C14H21ClN2O2S. The number of carbonyl (C=O) groups is 1. The molecule has 20 heavy (non-hydrogen) atoms. The van der Waals surface area contributed by atoms with Gasteiger partial charge in [0, 0.05) is 24.0 Å². The molecule has 0 aliphatic carbocycles. The van der Waals surface area contributed by atoms with Crippen LogP contribution in [0.1, 0.15) is 38.1 Å². The minimum atomic E-state index is -0.460. The maximum absolute atomic E-state index is 12.0. The molecule has 1 aromatic rings. The minimum absolute atomic E-state index is 0.0695. The van der Waals surface area contributed by atoms with Crippen LogP contribution >= 0.6 is 22.9 Å². The van der Waals surface area contributed by atoms with Crippen LogP contribution in [-0.4, -0.2) is 29.7 Å². The summed E-state index contributed by atoms with van der Waals surface area (Å²) in [5.74, 6) is 0.261. The molecule has 2 heterocycles. The summed E-state index contributed by atoms with van der Waals surface area (Å²) >= 11 is 7.45. The van der Waals surface area contributed by atoms with E-state index in [1.54, 1.807) is 4.90 Å². The first kappa shape index (κ1) is 15.6. The van der Waals surface area contributed by atoms with Gasteiger partial charge in [-0.3, -0.25) is 0 Å². The summed E-state index contributed by atoms with van der Waals surface area (Å²) < 4.78 is 6.13. The summed E-state index contributed by atoms with van der Waals surface area (Å²) in [4.78, 5) is 14.8. The first-order valence-electron chi connectivity index (χ1n) is 6.75. The van der Waals surface area contributed by atoms with Crippen LogP contribution in [0.5, 0.6) is 0 Å². The van der Waals surface area contributed by atoms with Gasteiger partial charge in [0.1, 0.15) is 5.60 Å². The van der Waals surface area contributed by atoms with Gasteiger partial charge in [0.2, 0.25) is 0 Å². The fraction of sp³-hybridized carbons (Fsp3) is 0.643. The van der Waals surface area contributed by atoms with E-state index in [1.165, 1.54) is 11.3 Å². The molecule has 2 atom stereocenters. The predicted molar refractivity (Wildman–Crippen MR) is 82.2 cm³/mol. The van der Waals surface area contributed by atoms with Crippen molar-refractivity contribution >= 4 is 29.0 Å². The highest BCUT2D eigenvalue weighted by molar-refractivity contribution is 7.16. The van der Waals surface area contributed by atoms with Crippen LogP contribution in [0.15, 0.2) is 12.1 Å². The fourth-order valence-corrected chi connectivity index (χ4v) is 3.47. The number of ether oxygens (including phenoxy) is 1. The minimum Gasteiger partial charge on any atom is -0.444 e. The lowest BCUT2D eigenvalue weighted by Crippen LogP contribution is -2.36. The van der Waals surface area contributed by atoms with E-state index in [4.69, 9.17) is 22.1 Å². The number of likely N-dealkylation sites (tertiary alicyclic amines) is 1. The number of carbonyl (C=O) groups excluding carboxylic acids is 1. The molecule has 1 aliphatic heterocycles. The highest BCUT2D eigenvalue weighted by atomic mass is 35.5. The number of halogens is 1. The topological polar surface area (TPSA) is 55.6 Å². The van der Waals surface area contributed by atoms with E-state index in [-0.39, 0.29) is 18.1 Å². The van der Waals surface area contributed by atoms with E-state index < -0.39 is 5.60 Å². The SMILES string of the molecule is CC(C)(C)OC(=O)N1CCC(C(N)c2ccc(Cl)s2)C1. The highest BCUT2D eigenvalue weighted by Crippen LogP contribution is 2.34. The lowest BCUT2D eigenvalue weighted by molar-refractivity contribution is 0.0286. The maximum Gasteiger partial charge on any atom is 0.410 e. The Morgan fingerprint density at radius 3 is 2.80 bits per heavy atom. The van der Waals surface area contributed by atoms with Gasteiger partial charge in [-0.15, -0.1) is 11.3 Å². The normalized spacial score (nSPS) is 21.1. The average Bonchev–Trinajstić information content (AvgIpc) is 2.94. The monoisotopic (exact) mass is 316 g/mol. The first-order valence-corrected chi connectivity index (χ1v) is 7.94. The van der Waals surface area contributed by atoms with Crippen LogP contribution in [0.3, 0.4) is 0 Å². The average molecular weight is 317 g/mol. The van der Waals surface area contributed by atoms with Crippen molar-refractivity contribution in [3.05, 3.63) is 21.3 Å². The third-order valence-electron chi connectivity index (χ3n) is 3.31. The van der Waals surface area contributed by atoms with E-state index >= 15 is 0 Å². The van der Waals surface area contributed by atoms with Crippen molar-refractivity contribution < 1.29 is 9.53 Å². The summed E-state index contributed by atoms with van der Waals surface area (Å²) in [5, 5.41) is 0. The van der Waals surface area contributed by atoms with E-state index in [2.05, 4.69) is 0 Å². The van der Waals surface area contributed by atoms with Crippen molar-refractivity contribution in [3.8, 4) is 0 Å². The van der Waals surface area contributed by atoms with E-state index in [1.807, 2.05) is 32.9 Å². The van der Waals surface area contributed by atoms with Crippen molar-refractivity contribution in [3.63, 3.8) is 0 Å². The molecular weight excluding hydrogens is 296 g/mol. The molecule has 0 radical (unpaired) electrons. The standard InChI is InChI=1S/C14H21ClN2O2S/c1-14(2,3)19-13(18)17-7-6-9(8-17)12(16)10-4-5-11(15)20-10/h4-5,9,12H,6-8,16H2,1-3H3. The van der Waals surface area contributed by atoms with Gasteiger partial charge in [-0.05, 0) is 45.2 Å². The molecule has 6 heteroatoms. The molecule has 2 N–H and O–H groups in total. The molecule has 0 spiro atoms. The van der Waals surface area contributed by atoms with Crippen LogP contribution in [0, 0.1) is 5.92 Å². The van der Waals surface area contributed by atoms with Gasteiger partial charge in [0.15, 0.2) is 0 Å². The highest BCUT2D eigenvalue weighted by Gasteiger charge is 2.33. The summed E-state index contributed by atoms with van der Waals surface area (Å²) in [6.07, 6.45) is 0.645. The lowest BCUT2D eigenvalue weighted by atomic mass is 9.99. The zero-order valence-corrected chi connectivity index (χ0v) is 13.6. The van der Waals surface area contributed by atoms with Crippen molar-refractivity contribution in [2.75, 3.05) is 13.1 Å². The number of hydrogen-bond donors (Lipinski definition) is 1. The van der Waals surface area contributed by atoms with Crippen molar-refractivity contribution in [2.24, 2.45) is 11.7 Å². The predicted octanol–water partition coefficient (Wildman–Crippen LogP) is 3.66. The van der Waals surface area contributed by atoms with Crippen LogP contribution in [0.2, 0.25) is 4.34 Å². The Kier molecular flexibility index (Phi) is 4.62. The van der Waals surface area contributed by atoms with Gasteiger partial charge in [0.25, 0.3) is 0 Å². The number of thiophene rings is 1. The third kappa shape index (κ3) is 3.87. The number of amides is 1. The maximum atomic E-state index is 12.0. The second-order valence-electron chi connectivity index (χ2n) is 6.14. The summed E-state index contributed by atoms with van der Waals surface area (Å²) in [6, 6.07) is 3.76. The lowest BCUT2D eigenvalue weighted by Gasteiger charge is -2.25. The van der Waals surface area contributed by atoms with Crippen LogP contribution in [-0.2, 0) is 4.74 Å². The second-order valence-corrected chi connectivity index (χ2v) is 7.89. The first-order chi connectivity index (χ1) is 9.26. The van der Waals surface area contributed by atoms with Crippen molar-refractivity contribution in [2.45, 2.75) is 38.8 Å². The number of nitrogens with zero attached hydrogens (tertiary/aromatic N) is 1. The molecule has 2 unspecified atom stereocenters. The largest absolute Gasteiger partial charge is 0.444 e. The zero-order chi connectivity index (χ0) is 14.9. The Bertz CT molecular complexity index is 484. The molecule has 1 aliphatic rings. The molecule has 0 bridgehead atoms. The quantitative estimate of drug-likeness (QED) is 0.906. The Morgan fingerprint density at radius 1 is 1.55 bits per heavy atom. The van der Waals surface area contributed by atoms with Gasteiger partial charge in [0.05, 0.1) is 4.34 Å². The van der Waals surface area contributed by atoms with Crippen molar-refractivity contribution in [1.29, 1.82) is 0 Å². The third-order valence-corrected chi connectivity index (χ3v) is 4.64. The van der Waals surface area contributed by atoms with E-state index in [0.717, 1.165) is 15.6 Å². The molecule has 0 aromatic carbocycles. The van der Waals surface area contributed by atoms with Gasteiger partial charge >= 0.3 is 6.09 Å². The van der Waals surface area contributed by atoms with E-state index in [0.29, 0.717) is 13.1 Å². The summed E-state index contributed by atoms with van der Waals surface area (Å²) in [7, 11) is 0. The Morgan fingerprint density at radius 2 is 2.25 bits per heavy atom.